The summed E-state index contributed by atoms with van der Waals surface area (Å²) in [6.07, 6.45) is 0. The van der Waals surface area contributed by atoms with Gasteiger partial charge in [-0.1, -0.05) is 23.7 Å². The standard InChI is InChI=1S/C15H15ClN2O/c1-19-15-7-11(5-6-13(15)16)18-8-10-3-2-4-14(17)12(10)9-18/h2-7H,8-9,17H2,1H3. The van der Waals surface area contributed by atoms with E-state index in [9.17, 15) is 0 Å². The first-order valence-electron chi connectivity index (χ1n) is 6.14. The molecule has 1 aliphatic heterocycles. The van der Waals surface area contributed by atoms with Gasteiger partial charge >= 0.3 is 0 Å². The molecule has 0 atom stereocenters. The van der Waals surface area contributed by atoms with Crippen LogP contribution >= 0.6 is 11.6 Å². The number of fused-ring (bicyclic) bond motifs is 1. The maximum atomic E-state index is 6.05. The maximum absolute atomic E-state index is 6.05. The number of nitrogen functional groups attached to an aromatic ring is 1. The number of nitrogens with zero attached hydrogens (tertiary/aromatic N) is 1. The zero-order chi connectivity index (χ0) is 13.4. The number of nitrogens with two attached hydrogens (primary N) is 1. The number of ether oxygens (including phenoxy) is 1. The molecule has 0 saturated heterocycles. The molecule has 0 aliphatic carbocycles. The van der Waals surface area contributed by atoms with Crippen molar-refractivity contribution >= 4 is 23.0 Å². The van der Waals surface area contributed by atoms with E-state index in [1.165, 1.54) is 11.1 Å². The minimum atomic E-state index is 0.627. The Hall–Kier alpha value is -1.87. The molecule has 0 radical (unpaired) electrons. The molecule has 2 aromatic rings. The number of rotatable bonds is 2. The van der Waals surface area contributed by atoms with Crippen molar-refractivity contribution < 1.29 is 4.74 Å². The van der Waals surface area contributed by atoms with Crippen LogP contribution in [0.25, 0.3) is 0 Å². The van der Waals surface area contributed by atoms with E-state index in [1.807, 2.05) is 30.3 Å². The minimum Gasteiger partial charge on any atom is -0.495 e. The fraction of sp³-hybridized carbons (Fsp3) is 0.200. The summed E-state index contributed by atoms with van der Waals surface area (Å²) in [5, 5.41) is 0.627. The Labute approximate surface area is 117 Å². The predicted molar refractivity (Wildman–Crippen MR) is 78.7 cm³/mol. The molecule has 0 fully saturated rings. The van der Waals surface area contributed by atoms with Gasteiger partial charge in [0.2, 0.25) is 0 Å². The van der Waals surface area contributed by atoms with Crippen LogP contribution in [0.15, 0.2) is 36.4 Å². The van der Waals surface area contributed by atoms with Crippen LogP contribution in [0.1, 0.15) is 11.1 Å². The molecule has 0 bridgehead atoms. The zero-order valence-electron chi connectivity index (χ0n) is 10.7. The Morgan fingerprint density at radius 2 is 2.05 bits per heavy atom. The summed E-state index contributed by atoms with van der Waals surface area (Å²) in [5.74, 6) is 0.697. The third kappa shape index (κ3) is 2.10. The van der Waals surface area contributed by atoms with Gasteiger partial charge in [-0.15, -0.1) is 0 Å². The van der Waals surface area contributed by atoms with Crippen LogP contribution in [-0.2, 0) is 13.1 Å². The SMILES string of the molecule is COc1cc(N2Cc3cccc(N)c3C2)ccc1Cl. The molecule has 19 heavy (non-hydrogen) atoms. The van der Waals surface area contributed by atoms with Gasteiger partial charge in [0.05, 0.1) is 12.1 Å². The lowest BCUT2D eigenvalue weighted by Crippen LogP contribution is -2.14. The summed E-state index contributed by atoms with van der Waals surface area (Å²) in [6, 6.07) is 11.9. The number of benzene rings is 2. The second kappa shape index (κ2) is 4.67. The van der Waals surface area contributed by atoms with Crippen LogP contribution in [-0.4, -0.2) is 7.11 Å². The van der Waals surface area contributed by atoms with E-state index in [0.717, 1.165) is 24.5 Å². The smallest absolute Gasteiger partial charge is 0.139 e. The van der Waals surface area contributed by atoms with E-state index in [2.05, 4.69) is 11.0 Å². The van der Waals surface area contributed by atoms with Crippen LogP contribution in [0.5, 0.6) is 5.75 Å². The van der Waals surface area contributed by atoms with Gasteiger partial charge in [-0.2, -0.15) is 0 Å². The molecular weight excluding hydrogens is 260 g/mol. The highest BCUT2D eigenvalue weighted by Gasteiger charge is 2.21. The number of hydrogen-bond donors (Lipinski definition) is 1. The first-order valence-corrected chi connectivity index (χ1v) is 6.51. The van der Waals surface area contributed by atoms with Gasteiger partial charge in [0.15, 0.2) is 0 Å². The van der Waals surface area contributed by atoms with Crippen molar-refractivity contribution in [3.8, 4) is 5.75 Å². The molecule has 1 heterocycles. The minimum absolute atomic E-state index is 0.627. The van der Waals surface area contributed by atoms with Gasteiger partial charge in [0.1, 0.15) is 5.75 Å². The monoisotopic (exact) mass is 274 g/mol. The molecule has 3 rings (SSSR count). The largest absolute Gasteiger partial charge is 0.495 e. The highest BCUT2D eigenvalue weighted by molar-refractivity contribution is 6.32. The predicted octanol–water partition coefficient (Wildman–Crippen LogP) is 3.45. The number of anilines is 2. The van der Waals surface area contributed by atoms with E-state index in [-0.39, 0.29) is 0 Å². The summed E-state index contributed by atoms with van der Waals surface area (Å²) in [7, 11) is 1.63. The first kappa shape index (κ1) is 12.2. The van der Waals surface area contributed by atoms with Crippen LogP contribution < -0.4 is 15.4 Å². The zero-order valence-corrected chi connectivity index (χ0v) is 11.4. The number of halogens is 1. The molecule has 2 aromatic carbocycles. The Morgan fingerprint density at radius 3 is 2.79 bits per heavy atom. The van der Waals surface area contributed by atoms with Gasteiger partial charge in [-0.25, -0.2) is 0 Å². The molecule has 0 unspecified atom stereocenters. The summed E-state index contributed by atoms with van der Waals surface area (Å²) in [6.45, 7) is 1.69. The Kier molecular flexibility index (Phi) is 2.99. The van der Waals surface area contributed by atoms with E-state index in [4.69, 9.17) is 22.1 Å². The number of hydrogen-bond acceptors (Lipinski definition) is 3. The lowest BCUT2D eigenvalue weighted by Gasteiger charge is -2.19. The normalized spacial score (nSPS) is 13.5. The Balaban J connectivity index is 1.93. The van der Waals surface area contributed by atoms with Gasteiger partial charge in [-0.05, 0) is 29.3 Å². The summed E-state index contributed by atoms with van der Waals surface area (Å²) < 4.78 is 5.26. The average molecular weight is 275 g/mol. The molecular formula is C15H15ClN2O. The molecule has 0 saturated carbocycles. The lowest BCUT2D eigenvalue weighted by atomic mass is 10.1. The molecule has 98 valence electrons. The third-order valence-electron chi connectivity index (χ3n) is 3.52. The third-order valence-corrected chi connectivity index (χ3v) is 3.83. The topological polar surface area (TPSA) is 38.5 Å². The molecule has 0 amide bonds. The van der Waals surface area contributed by atoms with Gasteiger partial charge in [0, 0.05) is 30.5 Å². The van der Waals surface area contributed by atoms with Crippen LogP contribution in [0, 0.1) is 0 Å². The Morgan fingerprint density at radius 1 is 1.21 bits per heavy atom. The molecule has 4 heteroatoms. The van der Waals surface area contributed by atoms with Crippen molar-refractivity contribution in [1.29, 1.82) is 0 Å². The molecule has 0 aromatic heterocycles. The van der Waals surface area contributed by atoms with E-state index in [0.29, 0.717) is 10.8 Å². The van der Waals surface area contributed by atoms with Crippen molar-refractivity contribution in [2.75, 3.05) is 17.7 Å². The Bertz CT molecular complexity index is 628. The van der Waals surface area contributed by atoms with Gasteiger partial charge in [0.25, 0.3) is 0 Å². The maximum Gasteiger partial charge on any atom is 0.139 e. The average Bonchev–Trinajstić information content (AvgIpc) is 2.85. The van der Waals surface area contributed by atoms with Crippen molar-refractivity contribution in [3.63, 3.8) is 0 Å². The second-order valence-corrected chi connectivity index (χ2v) is 5.07. The van der Waals surface area contributed by atoms with E-state index in [1.54, 1.807) is 7.11 Å². The lowest BCUT2D eigenvalue weighted by molar-refractivity contribution is 0.415. The van der Waals surface area contributed by atoms with Crippen molar-refractivity contribution in [2.24, 2.45) is 0 Å². The summed E-state index contributed by atoms with van der Waals surface area (Å²) >= 11 is 6.05. The van der Waals surface area contributed by atoms with Crippen molar-refractivity contribution in [3.05, 3.63) is 52.5 Å². The van der Waals surface area contributed by atoms with E-state index < -0.39 is 0 Å². The highest BCUT2D eigenvalue weighted by atomic mass is 35.5. The first-order chi connectivity index (χ1) is 9.19. The summed E-state index contributed by atoms with van der Waals surface area (Å²) in [4.78, 5) is 2.26. The highest BCUT2D eigenvalue weighted by Crippen LogP contribution is 2.35. The fourth-order valence-electron chi connectivity index (χ4n) is 2.48. The second-order valence-electron chi connectivity index (χ2n) is 4.66. The van der Waals surface area contributed by atoms with Crippen LogP contribution in [0.3, 0.4) is 0 Å². The van der Waals surface area contributed by atoms with Gasteiger partial charge < -0.3 is 15.4 Å². The quantitative estimate of drug-likeness (QED) is 0.853. The summed E-state index contributed by atoms with van der Waals surface area (Å²) in [5.41, 5.74) is 10.5. The van der Waals surface area contributed by atoms with Crippen LogP contribution in [0.4, 0.5) is 11.4 Å². The van der Waals surface area contributed by atoms with Crippen LogP contribution in [0.2, 0.25) is 5.02 Å². The van der Waals surface area contributed by atoms with Crippen molar-refractivity contribution in [2.45, 2.75) is 13.1 Å². The van der Waals surface area contributed by atoms with Crippen molar-refractivity contribution in [1.82, 2.24) is 0 Å². The molecule has 3 nitrogen and oxygen atoms in total. The molecule has 2 N–H and O–H groups in total. The number of methoxy groups -OCH3 is 1. The fourth-order valence-corrected chi connectivity index (χ4v) is 2.67. The molecule has 0 spiro atoms. The van der Waals surface area contributed by atoms with E-state index >= 15 is 0 Å². The molecule has 1 aliphatic rings. The van der Waals surface area contributed by atoms with Gasteiger partial charge in [-0.3, -0.25) is 0 Å².